The lowest BCUT2D eigenvalue weighted by molar-refractivity contribution is -0.119. The van der Waals surface area contributed by atoms with Gasteiger partial charge in [0.25, 0.3) is 5.91 Å². The topological polar surface area (TPSA) is 76.9 Å². The van der Waals surface area contributed by atoms with E-state index in [1.54, 1.807) is 12.3 Å². The summed E-state index contributed by atoms with van der Waals surface area (Å²) < 4.78 is 12.7. The molecule has 0 spiro atoms. The summed E-state index contributed by atoms with van der Waals surface area (Å²) in [6.45, 7) is 2.36. The van der Waals surface area contributed by atoms with Gasteiger partial charge < -0.3 is 19.4 Å². The molecule has 0 fully saturated rings. The van der Waals surface area contributed by atoms with Gasteiger partial charge in [0.2, 0.25) is 6.79 Å². The Morgan fingerprint density at radius 1 is 1.22 bits per heavy atom. The van der Waals surface area contributed by atoms with Crippen molar-refractivity contribution in [1.82, 2.24) is 9.99 Å². The molecule has 0 bridgehead atoms. The minimum Gasteiger partial charge on any atom is -0.454 e. The molecule has 7 heteroatoms. The van der Waals surface area contributed by atoms with Gasteiger partial charge in [-0.15, -0.1) is 0 Å². The Bertz CT molecular complexity index is 1040. The van der Waals surface area contributed by atoms with Crippen LogP contribution < -0.4 is 20.2 Å². The number of aromatic nitrogens is 1. The van der Waals surface area contributed by atoms with Crippen LogP contribution in [0.4, 0.5) is 5.69 Å². The van der Waals surface area contributed by atoms with Gasteiger partial charge >= 0.3 is 0 Å². The number of nitrogens with zero attached hydrogens (tertiary/aromatic N) is 2. The molecule has 2 aromatic carbocycles. The molecule has 0 atom stereocenters. The Hall–Kier alpha value is -3.48. The summed E-state index contributed by atoms with van der Waals surface area (Å²) in [5.74, 6) is 1.15. The van der Waals surface area contributed by atoms with E-state index < -0.39 is 0 Å². The second-order valence-corrected chi connectivity index (χ2v) is 6.29. The number of benzene rings is 2. The van der Waals surface area contributed by atoms with Gasteiger partial charge in [-0.25, -0.2) is 5.43 Å². The number of carbonyl (C=O) groups excluding carboxylic acids is 1. The number of fused-ring (bicyclic) bond motifs is 2. The second kappa shape index (κ2) is 7.03. The van der Waals surface area contributed by atoms with E-state index in [4.69, 9.17) is 9.47 Å². The normalized spacial score (nSPS) is 12.7. The lowest BCUT2D eigenvalue weighted by Crippen LogP contribution is -2.25. The zero-order valence-corrected chi connectivity index (χ0v) is 15.2. The van der Waals surface area contributed by atoms with Gasteiger partial charge in [-0.05, 0) is 25.1 Å². The summed E-state index contributed by atoms with van der Waals surface area (Å²) >= 11 is 0. The first-order chi connectivity index (χ1) is 13.1. The maximum Gasteiger partial charge on any atom is 0.259 e. The van der Waals surface area contributed by atoms with Crippen molar-refractivity contribution >= 4 is 28.7 Å². The summed E-state index contributed by atoms with van der Waals surface area (Å²) in [4.78, 5) is 12.0. The number of hydrogen-bond acceptors (Lipinski definition) is 5. The molecule has 0 saturated carbocycles. The number of nitrogens with one attached hydrogen (secondary N) is 2. The van der Waals surface area contributed by atoms with Crippen LogP contribution in [0.5, 0.6) is 11.5 Å². The number of aryl methyl sites for hydroxylation is 1. The van der Waals surface area contributed by atoms with Crippen molar-refractivity contribution in [2.45, 2.75) is 6.92 Å². The summed E-state index contributed by atoms with van der Waals surface area (Å²) in [6, 6.07) is 13.6. The van der Waals surface area contributed by atoms with Crippen molar-refractivity contribution in [2.24, 2.45) is 12.1 Å². The molecule has 27 heavy (non-hydrogen) atoms. The Morgan fingerprint density at radius 2 is 2.04 bits per heavy atom. The summed E-state index contributed by atoms with van der Waals surface area (Å²) in [5, 5.41) is 8.26. The predicted octanol–water partition coefficient (Wildman–Crippen LogP) is 2.78. The van der Waals surface area contributed by atoms with Gasteiger partial charge in [0, 0.05) is 41.0 Å². The van der Waals surface area contributed by atoms with Gasteiger partial charge in [-0.2, -0.15) is 5.10 Å². The van der Waals surface area contributed by atoms with Crippen molar-refractivity contribution in [1.29, 1.82) is 0 Å². The molecule has 2 N–H and O–H groups in total. The fourth-order valence-electron chi connectivity index (χ4n) is 3.11. The third-order valence-corrected chi connectivity index (χ3v) is 4.66. The number of ether oxygens (including phenoxy) is 2. The van der Waals surface area contributed by atoms with Crippen LogP contribution in [0.15, 0.2) is 47.6 Å². The standard InChI is InChI=1S/C20H20N4O3/c1-13-16(15-5-3-4-6-17(15)24(13)2)10-22-23-20(25)11-21-14-7-8-18-19(9-14)27-12-26-18/h3-10,21H,11-12H2,1-2H3,(H,23,25)/b22-10-. The van der Waals surface area contributed by atoms with Crippen molar-refractivity contribution in [2.75, 3.05) is 18.7 Å². The summed E-state index contributed by atoms with van der Waals surface area (Å²) in [7, 11) is 2.02. The zero-order chi connectivity index (χ0) is 18.8. The molecule has 0 saturated heterocycles. The van der Waals surface area contributed by atoms with E-state index in [-0.39, 0.29) is 19.2 Å². The van der Waals surface area contributed by atoms with Crippen molar-refractivity contribution in [3.05, 3.63) is 53.7 Å². The van der Waals surface area contributed by atoms with E-state index in [1.807, 2.05) is 44.3 Å². The number of anilines is 1. The van der Waals surface area contributed by atoms with Crippen LogP contribution >= 0.6 is 0 Å². The molecule has 3 aromatic rings. The van der Waals surface area contributed by atoms with Gasteiger partial charge in [0.05, 0.1) is 12.8 Å². The highest BCUT2D eigenvalue weighted by molar-refractivity contribution is 6.01. The van der Waals surface area contributed by atoms with Crippen molar-refractivity contribution in [3.63, 3.8) is 0 Å². The quantitative estimate of drug-likeness (QED) is 0.539. The fraction of sp³-hybridized carbons (Fsp3) is 0.200. The van der Waals surface area contributed by atoms with E-state index in [9.17, 15) is 4.79 Å². The lowest BCUT2D eigenvalue weighted by atomic mass is 10.1. The second-order valence-electron chi connectivity index (χ2n) is 6.29. The maximum atomic E-state index is 12.0. The van der Waals surface area contributed by atoms with E-state index in [2.05, 4.69) is 26.5 Å². The van der Waals surface area contributed by atoms with E-state index in [0.717, 1.165) is 27.8 Å². The van der Waals surface area contributed by atoms with Crippen LogP contribution in [-0.2, 0) is 11.8 Å². The van der Waals surface area contributed by atoms with Crippen molar-refractivity contribution in [3.8, 4) is 11.5 Å². The minimum absolute atomic E-state index is 0.103. The zero-order valence-electron chi connectivity index (χ0n) is 15.2. The Kier molecular flexibility index (Phi) is 4.42. The molecule has 138 valence electrons. The van der Waals surface area contributed by atoms with Crippen LogP contribution in [0.1, 0.15) is 11.3 Å². The monoisotopic (exact) mass is 364 g/mol. The lowest BCUT2D eigenvalue weighted by Gasteiger charge is -2.06. The number of para-hydroxylation sites is 1. The maximum absolute atomic E-state index is 12.0. The molecule has 7 nitrogen and oxygen atoms in total. The highest BCUT2D eigenvalue weighted by atomic mass is 16.7. The molecule has 2 heterocycles. The van der Waals surface area contributed by atoms with E-state index >= 15 is 0 Å². The van der Waals surface area contributed by atoms with Gasteiger partial charge in [0.1, 0.15) is 0 Å². The first kappa shape index (κ1) is 17.0. The molecule has 4 rings (SSSR count). The number of carbonyl (C=O) groups is 1. The molecule has 0 unspecified atom stereocenters. The van der Waals surface area contributed by atoms with Gasteiger partial charge in [-0.3, -0.25) is 4.79 Å². The van der Waals surface area contributed by atoms with E-state index in [1.165, 1.54) is 0 Å². The van der Waals surface area contributed by atoms with E-state index in [0.29, 0.717) is 11.5 Å². The average Bonchev–Trinajstić information content (AvgIpc) is 3.25. The number of hydrogen-bond donors (Lipinski definition) is 2. The van der Waals surface area contributed by atoms with Crippen LogP contribution in [0.2, 0.25) is 0 Å². The Labute approximate surface area is 156 Å². The highest BCUT2D eigenvalue weighted by Gasteiger charge is 2.13. The predicted molar refractivity (Wildman–Crippen MR) is 104 cm³/mol. The number of rotatable bonds is 5. The summed E-state index contributed by atoms with van der Waals surface area (Å²) in [6.07, 6.45) is 1.69. The Balaban J connectivity index is 1.38. The highest BCUT2D eigenvalue weighted by Crippen LogP contribution is 2.34. The third kappa shape index (κ3) is 3.31. The molecule has 1 aliphatic rings. The van der Waals surface area contributed by atoms with Crippen molar-refractivity contribution < 1.29 is 14.3 Å². The number of amides is 1. The molecular formula is C20H20N4O3. The fourth-order valence-corrected chi connectivity index (χ4v) is 3.11. The molecule has 1 amide bonds. The molecular weight excluding hydrogens is 344 g/mol. The number of hydrazone groups is 1. The summed E-state index contributed by atoms with van der Waals surface area (Å²) in [5.41, 5.74) is 6.56. The first-order valence-corrected chi connectivity index (χ1v) is 8.63. The van der Waals surface area contributed by atoms with Crippen LogP contribution in [0.3, 0.4) is 0 Å². The van der Waals surface area contributed by atoms with Crippen LogP contribution in [0, 0.1) is 6.92 Å². The minimum atomic E-state index is -0.234. The largest absolute Gasteiger partial charge is 0.454 e. The van der Waals surface area contributed by atoms with Gasteiger partial charge in [0.15, 0.2) is 11.5 Å². The SMILES string of the molecule is Cc1c(/C=N\NC(=O)CNc2ccc3c(c2)OCO3)c2ccccc2n1C. The average molecular weight is 364 g/mol. The van der Waals surface area contributed by atoms with Crippen LogP contribution in [-0.4, -0.2) is 30.0 Å². The first-order valence-electron chi connectivity index (χ1n) is 8.63. The Morgan fingerprint density at radius 3 is 2.93 bits per heavy atom. The molecule has 0 radical (unpaired) electrons. The molecule has 0 aliphatic carbocycles. The van der Waals surface area contributed by atoms with Crippen LogP contribution in [0.25, 0.3) is 10.9 Å². The molecule has 1 aliphatic heterocycles. The third-order valence-electron chi connectivity index (χ3n) is 4.66. The smallest absolute Gasteiger partial charge is 0.259 e. The molecule has 1 aromatic heterocycles. The van der Waals surface area contributed by atoms with Gasteiger partial charge in [-0.1, -0.05) is 18.2 Å².